The second kappa shape index (κ2) is 11.9. The van der Waals surface area contributed by atoms with Gasteiger partial charge in [-0.25, -0.2) is 0 Å². The molecule has 29 heavy (non-hydrogen) atoms. The zero-order valence-electron chi connectivity index (χ0n) is 18.0. The van der Waals surface area contributed by atoms with Crippen LogP contribution in [-0.4, -0.2) is 6.61 Å². The molecule has 3 heteroatoms. The van der Waals surface area contributed by atoms with E-state index in [0.29, 0.717) is 0 Å². The van der Waals surface area contributed by atoms with Crippen molar-refractivity contribution in [1.29, 1.82) is 0 Å². The number of halogens is 1. The molecule has 0 atom stereocenters. The SMILES string of the molecule is CCCCC1CCC(c2ccc(CSc3ccc(OCCC)cc3Cl)cc2)CC1. The van der Waals surface area contributed by atoms with Crippen LogP contribution >= 0.6 is 23.4 Å². The molecular formula is C26H35ClOS. The minimum absolute atomic E-state index is 0.732. The topological polar surface area (TPSA) is 9.23 Å². The first-order valence-corrected chi connectivity index (χ1v) is 12.7. The molecule has 0 radical (unpaired) electrons. The molecule has 2 aromatic carbocycles. The van der Waals surface area contributed by atoms with Crippen LogP contribution in [0.25, 0.3) is 0 Å². The lowest BCUT2D eigenvalue weighted by atomic mass is 9.77. The molecule has 0 unspecified atom stereocenters. The van der Waals surface area contributed by atoms with Crippen molar-refractivity contribution in [2.45, 2.75) is 81.8 Å². The van der Waals surface area contributed by atoms with E-state index in [2.05, 4.69) is 44.2 Å². The van der Waals surface area contributed by atoms with E-state index in [9.17, 15) is 0 Å². The molecule has 1 nitrogen and oxygen atoms in total. The lowest BCUT2D eigenvalue weighted by Crippen LogP contribution is -2.13. The molecular weight excluding hydrogens is 396 g/mol. The maximum atomic E-state index is 6.44. The summed E-state index contributed by atoms with van der Waals surface area (Å²) < 4.78 is 5.66. The fourth-order valence-electron chi connectivity index (χ4n) is 4.23. The molecule has 0 heterocycles. The first-order valence-electron chi connectivity index (χ1n) is 11.3. The van der Waals surface area contributed by atoms with Crippen LogP contribution in [-0.2, 0) is 5.75 Å². The van der Waals surface area contributed by atoms with Crippen molar-refractivity contribution in [2.75, 3.05) is 6.61 Å². The normalized spacial score (nSPS) is 19.3. The van der Waals surface area contributed by atoms with Crippen LogP contribution < -0.4 is 4.74 Å². The standard InChI is InChI=1S/C26H35ClOS/c1-3-5-6-20-7-11-22(12-8-20)23-13-9-21(10-14-23)19-29-26-16-15-24(18-25(26)27)28-17-4-2/h9-10,13-16,18,20,22H,3-8,11-12,17,19H2,1-2H3. The Hall–Kier alpha value is -1.12. The molecule has 0 spiro atoms. The Morgan fingerprint density at radius 3 is 2.38 bits per heavy atom. The fraction of sp³-hybridized carbons (Fsp3) is 0.538. The highest BCUT2D eigenvalue weighted by atomic mass is 35.5. The largest absolute Gasteiger partial charge is 0.494 e. The Morgan fingerprint density at radius 2 is 1.72 bits per heavy atom. The van der Waals surface area contributed by atoms with Crippen molar-refractivity contribution >= 4 is 23.4 Å². The number of benzene rings is 2. The quantitative estimate of drug-likeness (QED) is 0.348. The van der Waals surface area contributed by atoms with Crippen molar-refractivity contribution in [3.8, 4) is 5.75 Å². The molecule has 3 rings (SSSR count). The van der Waals surface area contributed by atoms with Gasteiger partial charge in [0.25, 0.3) is 0 Å². The average Bonchev–Trinajstić information content (AvgIpc) is 2.76. The second-order valence-corrected chi connectivity index (χ2v) is 9.76. The first kappa shape index (κ1) is 22.6. The number of rotatable bonds is 10. The summed E-state index contributed by atoms with van der Waals surface area (Å²) in [5.74, 6) is 3.54. The number of hydrogen-bond acceptors (Lipinski definition) is 2. The first-order chi connectivity index (χ1) is 14.2. The van der Waals surface area contributed by atoms with Crippen molar-refractivity contribution in [2.24, 2.45) is 5.92 Å². The summed E-state index contributed by atoms with van der Waals surface area (Å²) in [5.41, 5.74) is 2.89. The Balaban J connectivity index is 1.48. The van der Waals surface area contributed by atoms with E-state index in [1.807, 2.05) is 12.1 Å². The third kappa shape index (κ3) is 6.96. The van der Waals surface area contributed by atoms with Crippen molar-refractivity contribution in [1.82, 2.24) is 0 Å². The third-order valence-corrected chi connectivity index (χ3v) is 7.60. The van der Waals surface area contributed by atoms with Crippen LogP contribution in [0, 0.1) is 5.92 Å². The molecule has 158 valence electrons. The van der Waals surface area contributed by atoms with E-state index in [1.165, 1.54) is 56.1 Å². The molecule has 1 aliphatic rings. The minimum atomic E-state index is 0.732. The van der Waals surface area contributed by atoms with Gasteiger partial charge in [0.15, 0.2) is 0 Å². The lowest BCUT2D eigenvalue weighted by Gasteiger charge is -2.29. The van der Waals surface area contributed by atoms with Crippen LogP contribution in [0.2, 0.25) is 5.02 Å². The smallest absolute Gasteiger partial charge is 0.120 e. The van der Waals surface area contributed by atoms with Gasteiger partial charge < -0.3 is 4.74 Å². The molecule has 2 aromatic rings. The van der Waals surface area contributed by atoms with Gasteiger partial charge in [0.05, 0.1) is 11.6 Å². The molecule has 0 amide bonds. The minimum Gasteiger partial charge on any atom is -0.494 e. The summed E-state index contributed by atoms with van der Waals surface area (Å²) in [6, 6.07) is 15.3. The van der Waals surface area contributed by atoms with E-state index in [1.54, 1.807) is 11.8 Å². The fourth-order valence-corrected chi connectivity index (χ4v) is 5.44. The van der Waals surface area contributed by atoms with Gasteiger partial charge in [-0.2, -0.15) is 0 Å². The molecule has 0 aliphatic heterocycles. The molecule has 0 saturated heterocycles. The predicted octanol–water partition coefficient (Wildman–Crippen LogP) is 8.89. The van der Waals surface area contributed by atoms with E-state index < -0.39 is 0 Å². The number of thioether (sulfide) groups is 1. The molecule has 1 saturated carbocycles. The summed E-state index contributed by atoms with van der Waals surface area (Å²) in [6.07, 6.45) is 10.7. The Bertz CT molecular complexity index is 735. The predicted molar refractivity (Wildman–Crippen MR) is 127 cm³/mol. The summed E-state index contributed by atoms with van der Waals surface area (Å²) in [4.78, 5) is 1.12. The lowest BCUT2D eigenvalue weighted by molar-refractivity contribution is 0.304. The van der Waals surface area contributed by atoms with Crippen LogP contribution in [0.1, 0.15) is 82.3 Å². The third-order valence-electron chi connectivity index (χ3n) is 6.03. The second-order valence-electron chi connectivity index (χ2n) is 8.33. The zero-order chi connectivity index (χ0) is 20.5. The van der Waals surface area contributed by atoms with Gasteiger partial charge in [0.2, 0.25) is 0 Å². The van der Waals surface area contributed by atoms with Gasteiger partial charge >= 0.3 is 0 Å². The van der Waals surface area contributed by atoms with Crippen LogP contribution in [0.15, 0.2) is 47.4 Å². The molecule has 0 N–H and O–H groups in total. The zero-order valence-corrected chi connectivity index (χ0v) is 19.5. The highest BCUT2D eigenvalue weighted by Crippen LogP contribution is 2.38. The summed E-state index contributed by atoms with van der Waals surface area (Å²) in [6.45, 7) is 5.14. The number of hydrogen-bond donors (Lipinski definition) is 0. The molecule has 0 bridgehead atoms. The molecule has 1 fully saturated rings. The molecule has 0 aromatic heterocycles. The Morgan fingerprint density at radius 1 is 0.966 bits per heavy atom. The van der Waals surface area contributed by atoms with E-state index in [4.69, 9.17) is 16.3 Å². The van der Waals surface area contributed by atoms with Crippen LogP contribution in [0.3, 0.4) is 0 Å². The van der Waals surface area contributed by atoms with Crippen molar-refractivity contribution < 1.29 is 4.74 Å². The van der Waals surface area contributed by atoms with Gasteiger partial charge in [-0.05, 0) is 73.3 Å². The van der Waals surface area contributed by atoms with Gasteiger partial charge in [0, 0.05) is 10.6 Å². The Kier molecular flexibility index (Phi) is 9.27. The summed E-state index contributed by atoms with van der Waals surface area (Å²) in [5, 5.41) is 0.778. The summed E-state index contributed by atoms with van der Waals surface area (Å²) >= 11 is 8.24. The maximum absolute atomic E-state index is 6.44. The van der Waals surface area contributed by atoms with E-state index >= 15 is 0 Å². The van der Waals surface area contributed by atoms with Crippen molar-refractivity contribution in [3.63, 3.8) is 0 Å². The van der Waals surface area contributed by atoms with E-state index in [-0.39, 0.29) is 0 Å². The van der Waals surface area contributed by atoms with Crippen LogP contribution in [0.4, 0.5) is 0 Å². The van der Waals surface area contributed by atoms with Gasteiger partial charge in [0.1, 0.15) is 5.75 Å². The van der Waals surface area contributed by atoms with Crippen molar-refractivity contribution in [3.05, 3.63) is 58.6 Å². The highest BCUT2D eigenvalue weighted by molar-refractivity contribution is 7.98. The highest BCUT2D eigenvalue weighted by Gasteiger charge is 2.21. The number of ether oxygens (including phenoxy) is 1. The maximum Gasteiger partial charge on any atom is 0.120 e. The van der Waals surface area contributed by atoms with Gasteiger partial charge in [-0.1, -0.05) is 69.0 Å². The van der Waals surface area contributed by atoms with Gasteiger partial charge in [-0.3, -0.25) is 0 Å². The average molecular weight is 431 g/mol. The van der Waals surface area contributed by atoms with E-state index in [0.717, 1.165) is 46.3 Å². The van der Waals surface area contributed by atoms with Gasteiger partial charge in [-0.15, -0.1) is 11.8 Å². The Labute approximate surface area is 186 Å². The number of unbranched alkanes of at least 4 members (excludes halogenated alkanes) is 1. The monoisotopic (exact) mass is 430 g/mol. The molecule has 1 aliphatic carbocycles. The summed E-state index contributed by atoms with van der Waals surface area (Å²) in [7, 11) is 0. The van der Waals surface area contributed by atoms with Crippen LogP contribution in [0.5, 0.6) is 5.75 Å².